The van der Waals surface area contributed by atoms with E-state index in [1.54, 1.807) is 48.5 Å². The van der Waals surface area contributed by atoms with Crippen LogP contribution in [0.3, 0.4) is 0 Å². The van der Waals surface area contributed by atoms with Gasteiger partial charge in [-0.25, -0.2) is 0 Å². The van der Waals surface area contributed by atoms with Crippen LogP contribution in [0.5, 0.6) is 0 Å². The number of amides is 2. The summed E-state index contributed by atoms with van der Waals surface area (Å²) in [7, 11) is 1.27. The number of esters is 1. The Morgan fingerprint density at radius 2 is 1.81 bits per heavy atom. The lowest BCUT2D eigenvalue weighted by atomic mass is 10.1. The Bertz CT molecular complexity index is 805. The van der Waals surface area contributed by atoms with E-state index in [-0.39, 0.29) is 24.9 Å². The topological polar surface area (TPSA) is 75.7 Å². The van der Waals surface area contributed by atoms with E-state index in [0.717, 1.165) is 5.56 Å². The number of halogens is 1. The number of ether oxygens (including phenoxy) is 1. The molecule has 2 aromatic carbocycles. The van der Waals surface area contributed by atoms with E-state index in [0.29, 0.717) is 16.3 Å². The molecule has 0 aliphatic heterocycles. The SMILES string of the molecule is COC(=O)CN(Cc1ccc(Cl)cc1)C(=O)c1cccc(NC(C)=O)c1. The fraction of sp³-hybridized carbons (Fsp3) is 0.211. The van der Waals surface area contributed by atoms with Gasteiger partial charge >= 0.3 is 5.97 Å². The summed E-state index contributed by atoms with van der Waals surface area (Å²) < 4.78 is 4.69. The van der Waals surface area contributed by atoms with Crippen molar-refractivity contribution < 1.29 is 19.1 Å². The van der Waals surface area contributed by atoms with Gasteiger partial charge in [-0.15, -0.1) is 0 Å². The quantitative estimate of drug-likeness (QED) is 0.788. The molecule has 0 radical (unpaired) electrons. The van der Waals surface area contributed by atoms with Crippen LogP contribution in [0.25, 0.3) is 0 Å². The molecule has 136 valence electrons. The van der Waals surface area contributed by atoms with Crippen LogP contribution >= 0.6 is 11.6 Å². The van der Waals surface area contributed by atoms with Gasteiger partial charge in [-0.2, -0.15) is 0 Å². The molecule has 6 nitrogen and oxygen atoms in total. The zero-order valence-electron chi connectivity index (χ0n) is 14.5. The second kappa shape index (κ2) is 9.01. The van der Waals surface area contributed by atoms with Crippen LogP contribution < -0.4 is 5.32 Å². The smallest absolute Gasteiger partial charge is 0.325 e. The Balaban J connectivity index is 2.25. The molecular formula is C19H19ClN2O4. The molecule has 2 amide bonds. The lowest BCUT2D eigenvalue weighted by Crippen LogP contribution is -2.35. The minimum absolute atomic E-state index is 0.192. The third-order valence-corrected chi connectivity index (χ3v) is 3.80. The van der Waals surface area contributed by atoms with E-state index in [1.807, 2.05) is 0 Å². The zero-order chi connectivity index (χ0) is 19.1. The summed E-state index contributed by atoms with van der Waals surface area (Å²) in [6.45, 7) is 1.41. The van der Waals surface area contributed by atoms with E-state index in [9.17, 15) is 14.4 Å². The van der Waals surface area contributed by atoms with Crippen LogP contribution in [0, 0.1) is 0 Å². The third kappa shape index (κ3) is 5.60. The van der Waals surface area contributed by atoms with Crippen LogP contribution in [-0.4, -0.2) is 36.3 Å². The van der Waals surface area contributed by atoms with E-state index < -0.39 is 5.97 Å². The summed E-state index contributed by atoms with van der Waals surface area (Å²) in [5.74, 6) is -1.11. The van der Waals surface area contributed by atoms with Gasteiger partial charge in [-0.05, 0) is 35.9 Å². The summed E-state index contributed by atoms with van der Waals surface area (Å²) in [5, 5.41) is 3.22. The summed E-state index contributed by atoms with van der Waals surface area (Å²) in [6, 6.07) is 13.5. The lowest BCUT2D eigenvalue weighted by molar-refractivity contribution is -0.141. The number of hydrogen-bond acceptors (Lipinski definition) is 4. The van der Waals surface area contributed by atoms with E-state index in [2.05, 4.69) is 10.1 Å². The molecule has 0 saturated carbocycles. The van der Waals surface area contributed by atoms with Crippen LogP contribution in [0.4, 0.5) is 5.69 Å². The Kier molecular flexibility index (Phi) is 6.74. The standard InChI is InChI=1S/C19H19ClN2O4/c1-13(23)21-17-5-3-4-15(10-17)19(25)22(12-18(24)26-2)11-14-6-8-16(20)9-7-14/h3-10H,11-12H2,1-2H3,(H,21,23). The first-order valence-electron chi connectivity index (χ1n) is 7.87. The largest absolute Gasteiger partial charge is 0.468 e. The number of methoxy groups -OCH3 is 1. The second-order valence-corrected chi connectivity index (χ2v) is 6.06. The molecule has 26 heavy (non-hydrogen) atoms. The van der Waals surface area contributed by atoms with Gasteiger partial charge in [0, 0.05) is 29.7 Å². The number of carbonyl (C=O) groups excluding carboxylic acids is 3. The highest BCUT2D eigenvalue weighted by atomic mass is 35.5. The van der Waals surface area contributed by atoms with Crippen LogP contribution in [0.1, 0.15) is 22.8 Å². The summed E-state index contributed by atoms with van der Waals surface area (Å²) in [6.07, 6.45) is 0. The van der Waals surface area contributed by atoms with Crippen molar-refractivity contribution in [2.75, 3.05) is 19.0 Å². The van der Waals surface area contributed by atoms with Crippen LogP contribution in [-0.2, 0) is 20.9 Å². The summed E-state index contributed by atoms with van der Waals surface area (Å²) in [5.41, 5.74) is 1.69. The van der Waals surface area contributed by atoms with Gasteiger partial charge in [0.05, 0.1) is 7.11 Å². The van der Waals surface area contributed by atoms with Crippen molar-refractivity contribution in [1.82, 2.24) is 4.90 Å². The molecule has 0 saturated heterocycles. The zero-order valence-corrected chi connectivity index (χ0v) is 15.2. The highest BCUT2D eigenvalue weighted by molar-refractivity contribution is 6.30. The number of rotatable bonds is 6. The monoisotopic (exact) mass is 374 g/mol. The van der Waals surface area contributed by atoms with Gasteiger partial charge in [-0.3, -0.25) is 14.4 Å². The lowest BCUT2D eigenvalue weighted by Gasteiger charge is -2.22. The molecule has 2 aromatic rings. The molecular weight excluding hydrogens is 356 g/mol. The van der Waals surface area contributed by atoms with Crippen LogP contribution in [0.15, 0.2) is 48.5 Å². The van der Waals surface area contributed by atoms with Gasteiger partial charge in [-0.1, -0.05) is 29.8 Å². The van der Waals surface area contributed by atoms with Crippen molar-refractivity contribution in [3.05, 3.63) is 64.7 Å². The van der Waals surface area contributed by atoms with E-state index in [4.69, 9.17) is 11.6 Å². The molecule has 0 aliphatic rings. The van der Waals surface area contributed by atoms with Gasteiger partial charge in [0.25, 0.3) is 5.91 Å². The molecule has 0 atom stereocenters. The molecule has 0 aromatic heterocycles. The predicted molar refractivity (Wildman–Crippen MR) is 99.0 cm³/mol. The third-order valence-electron chi connectivity index (χ3n) is 3.55. The molecule has 2 rings (SSSR count). The van der Waals surface area contributed by atoms with E-state index in [1.165, 1.54) is 18.9 Å². The molecule has 0 fully saturated rings. The number of carbonyl (C=O) groups is 3. The first-order chi connectivity index (χ1) is 12.4. The van der Waals surface area contributed by atoms with Gasteiger partial charge in [0.15, 0.2) is 0 Å². The predicted octanol–water partition coefficient (Wildman–Crippen LogP) is 3.11. The first kappa shape index (κ1) is 19.5. The van der Waals surface area contributed by atoms with Crippen molar-refractivity contribution in [2.24, 2.45) is 0 Å². The Morgan fingerprint density at radius 3 is 2.42 bits per heavy atom. The molecule has 0 spiro atoms. The molecule has 0 aliphatic carbocycles. The highest BCUT2D eigenvalue weighted by Crippen LogP contribution is 2.16. The first-order valence-corrected chi connectivity index (χ1v) is 8.25. The van der Waals surface area contributed by atoms with E-state index >= 15 is 0 Å². The van der Waals surface area contributed by atoms with Crippen molar-refractivity contribution in [2.45, 2.75) is 13.5 Å². The Hall–Kier alpha value is -2.86. The Morgan fingerprint density at radius 1 is 1.12 bits per heavy atom. The maximum absolute atomic E-state index is 12.9. The Labute approximate surface area is 156 Å². The number of benzene rings is 2. The fourth-order valence-corrected chi connectivity index (χ4v) is 2.47. The number of nitrogens with zero attached hydrogens (tertiary/aromatic N) is 1. The number of hydrogen-bond donors (Lipinski definition) is 1. The molecule has 7 heteroatoms. The number of anilines is 1. The minimum Gasteiger partial charge on any atom is -0.468 e. The van der Waals surface area contributed by atoms with Gasteiger partial charge in [0.2, 0.25) is 5.91 Å². The van der Waals surface area contributed by atoms with Crippen molar-refractivity contribution in [3.63, 3.8) is 0 Å². The maximum Gasteiger partial charge on any atom is 0.325 e. The normalized spacial score (nSPS) is 10.1. The maximum atomic E-state index is 12.9. The van der Waals surface area contributed by atoms with Gasteiger partial charge < -0.3 is 15.0 Å². The van der Waals surface area contributed by atoms with Crippen molar-refractivity contribution in [1.29, 1.82) is 0 Å². The molecule has 0 bridgehead atoms. The fourth-order valence-electron chi connectivity index (χ4n) is 2.35. The van der Waals surface area contributed by atoms with Crippen molar-refractivity contribution in [3.8, 4) is 0 Å². The second-order valence-electron chi connectivity index (χ2n) is 5.63. The summed E-state index contributed by atoms with van der Waals surface area (Å²) >= 11 is 5.88. The molecule has 1 N–H and O–H groups in total. The molecule has 0 heterocycles. The number of nitrogens with one attached hydrogen (secondary N) is 1. The highest BCUT2D eigenvalue weighted by Gasteiger charge is 2.20. The average Bonchev–Trinajstić information content (AvgIpc) is 2.62. The average molecular weight is 375 g/mol. The summed E-state index contributed by atoms with van der Waals surface area (Å²) in [4.78, 5) is 37.2. The minimum atomic E-state index is -0.523. The van der Waals surface area contributed by atoms with Crippen LogP contribution in [0.2, 0.25) is 5.02 Å². The van der Waals surface area contributed by atoms with Crippen molar-refractivity contribution >= 4 is 35.1 Å². The molecule has 0 unspecified atom stereocenters. The van der Waals surface area contributed by atoms with Gasteiger partial charge in [0.1, 0.15) is 6.54 Å².